The third-order valence-corrected chi connectivity index (χ3v) is 54.1. The van der Waals surface area contributed by atoms with Crippen molar-refractivity contribution in [2.75, 3.05) is 14.7 Å². The molecule has 12 aliphatic rings. The van der Waals surface area contributed by atoms with Gasteiger partial charge in [-0.25, -0.2) is 0 Å². The maximum atomic E-state index is 3.17. The number of fused-ring (bicyclic) bond motifs is 12. The van der Waals surface area contributed by atoms with Crippen molar-refractivity contribution in [2.45, 2.75) is 424 Å². The van der Waals surface area contributed by atoms with E-state index in [0.29, 0.717) is 35.5 Å². The second-order valence-corrected chi connectivity index (χ2v) is 67.2. The van der Waals surface area contributed by atoms with Crippen molar-refractivity contribution in [3.63, 3.8) is 0 Å². The van der Waals surface area contributed by atoms with Gasteiger partial charge in [-0.3, -0.25) is 0 Å². The first-order chi connectivity index (χ1) is 71.5. The van der Waals surface area contributed by atoms with E-state index in [1.807, 2.05) is 0 Å². The molecule has 0 aliphatic heterocycles. The summed E-state index contributed by atoms with van der Waals surface area (Å²) in [4.78, 5) is 7.36. The van der Waals surface area contributed by atoms with Gasteiger partial charge in [0.1, 0.15) is 24.7 Å². The van der Waals surface area contributed by atoms with Crippen LogP contribution in [0.3, 0.4) is 0 Å². The average Bonchev–Trinajstić information content (AvgIpc) is 1.56. The van der Waals surface area contributed by atoms with Gasteiger partial charge in [0.25, 0.3) is 0 Å². The van der Waals surface area contributed by atoms with E-state index in [2.05, 4.69) is 458 Å². The van der Waals surface area contributed by atoms with Crippen LogP contribution < -0.4 is 14.7 Å². The lowest BCUT2D eigenvalue weighted by Gasteiger charge is -2.56. The standard InChI is InChI=1S/C49H68N2Si.C48H66N2Si.C43H56N2Si/c1-9-11-30-49(31-12-10-2)45-34-41(50(38-22-16-13-17-23-38)39-24-18-14-19-25-39)28-29-42(45)44-33-37-32-36(3)47(43(37)35-46(44)49)52(7,8)51(48(4,5)6)40-26-20-15-21-27-40;1-8-10-31-48(32-11-9-2)44-34-40(49(37-21-15-12-16-22-37)38-23-17-13-18-24-38)28-29-41(44)43-33-36-27-30-46(42(36)35-45(43)48)51(6,7)50(47(3,4)5)39-25-19-14-20-26-39;1-30-26-31-27-38-36-25-24-35(44(32-18-12-9-13-19-32)33-20-14-10-15-21-33)28-39(36)43(5,6)40(38)29-37(31)41(30)46(7,8)45(42(2,3)4)34-22-16-11-17-23-34/h13-14,16-19,22-25,28-29,33-37,40,43,47H,9-12,15,20-21,26-27,30-32H2,1-8H3;12-13,15-18,21-24,28-29,33-36,39,42,46H,8-11,14,19-20,25-27,30-32H2,1-7H3;9-10,12-15,18-21,24-25,27-31,34,37,41H,11,16-17,22-23,26H2,1-8H3. The minimum absolute atomic E-state index is 0.0314. The summed E-state index contributed by atoms with van der Waals surface area (Å²) >= 11 is 0. The minimum Gasteiger partial charge on any atom is -0.316 e. The smallest absolute Gasteiger partial charge is 0.127 e. The fourth-order valence-corrected chi connectivity index (χ4v) is 52.3. The second kappa shape index (κ2) is 44.7. The molecule has 0 heterocycles. The molecule has 6 saturated carbocycles. The van der Waals surface area contributed by atoms with Gasteiger partial charge in [0.15, 0.2) is 0 Å². The van der Waals surface area contributed by atoms with Gasteiger partial charge in [-0.05, 0) is 386 Å². The molecule has 9 aromatic rings. The molecule has 21 rings (SSSR count). The highest BCUT2D eigenvalue weighted by Gasteiger charge is 2.61. The van der Waals surface area contributed by atoms with Crippen molar-refractivity contribution in [1.29, 1.82) is 0 Å². The number of para-hydroxylation sites is 6. The zero-order valence-electron chi connectivity index (χ0n) is 96.7. The highest BCUT2D eigenvalue weighted by Crippen LogP contribution is 2.68. The van der Waals surface area contributed by atoms with E-state index in [0.717, 1.165) is 46.6 Å². The molecule has 0 radical (unpaired) electrons. The summed E-state index contributed by atoms with van der Waals surface area (Å²) in [5.41, 5.74) is 33.0. The molecule has 6 fully saturated rings. The van der Waals surface area contributed by atoms with Crippen LogP contribution in [-0.4, -0.2) is 73.1 Å². The number of unbranched alkanes of at least 4 members (excludes halogenated alkanes) is 4. The lowest BCUT2D eigenvalue weighted by atomic mass is 9.68. The number of allylic oxidation sites excluding steroid dienone is 12. The predicted molar refractivity (Wildman–Crippen MR) is 653 cm³/mol. The molecule has 0 spiro atoms. The summed E-state index contributed by atoms with van der Waals surface area (Å²) in [5.74, 6) is 5.42. The molecule has 792 valence electrons. The van der Waals surface area contributed by atoms with Crippen LogP contribution in [0.5, 0.6) is 0 Å². The van der Waals surface area contributed by atoms with Gasteiger partial charge in [0.2, 0.25) is 0 Å². The van der Waals surface area contributed by atoms with E-state index in [4.69, 9.17) is 0 Å². The summed E-state index contributed by atoms with van der Waals surface area (Å²) < 4.78 is 9.45. The molecular weight excluding hydrogens is 1850 g/mol. The molecule has 11 atom stereocenters. The van der Waals surface area contributed by atoms with Gasteiger partial charge in [-0.15, -0.1) is 0 Å². The van der Waals surface area contributed by atoms with Gasteiger partial charge in [-0.2, -0.15) is 0 Å². The molecule has 12 aliphatic carbocycles. The lowest BCUT2D eigenvalue weighted by molar-refractivity contribution is 0.138. The average molecular weight is 2040 g/mol. The number of nitrogens with zero attached hydrogens (tertiary/aromatic N) is 6. The molecule has 0 aromatic heterocycles. The number of hydrogen-bond donors (Lipinski definition) is 0. The van der Waals surface area contributed by atoms with Crippen LogP contribution >= 0.6 is 0 Å². The fraction of sp³-hybridized carbons (Fsp3) is 0.529. The Hall–Kier alpha value is -8.65. The second-order valence-electron chi connectivity index (χ2n) is 53.7. The van der Waals surface area contributed by atoms with E-state index < -0.39 is 24.7 Å². The largest absolute Gasteiger partial charge is 0.316 e. The van der Waals surface area contributed by atoms with Crippen molar-refractivity contribution in [3.8, 4) is 0 Å². The monoisotopic (exact) mass is 2040 g/mol. The Labute approximate surface area is 908 Å². The summed E-state index contributed by atoms with van der Waals surface area (Å²) in [6.45, 7) is 59.1. The van der Waals surface area contributed by atoms with E-state index in [-0.39, 0.29) is 32.9 Å². The quantitative estimate of drug-likeness (QED) is 0.0415. The van der Waals surface area contributed by atoms with E-state index >= 15 is 0 Å². The fourth-order valence-electron chi connectivity index (χ4n) is 34.7. The lowest BCUT2D eigenvalue weighted by Crippen LogP contribution is -2.65. The Morgan fingerprint density at radius 2 is 0.550 bits per heavy atom. The van der Waals surface area contributed by atoms with Crippen LogP contribution in [0.25, 0.3) is 16.7 Å². The predicted octanol–water partition coefficient (Wildman–Crippen LogP) is 40.6. The van der Waals surface area contributed by atoms with Crippen LogP contribution in [0.4, 0.5) is 51.2 Å². The van der Waals surface area contributed by atoms with Crippen LogP contribution in [0.2, 0.25) is 55.9 Å². The Balaban J connectivity index is 0.000000141. The molecule has 11 unspecified atom stereocenters. The molecule has 9 aromatic carbocycles. The molecule has 0 saturated heterocycles. The van der Waals surface area contributed by atoms with Gasteiger partial charge in [0.05, 0.1) is 0 Å². The van der Waals surface area contributed by atoms with E-state index in [9.17, 15) is 0 Å². The molecular formula is C140H190N6Si3. The van der Waals surface area contributed by atoms with Gasteiger partial charge >= 0.3 is 0 Å². The molecule has 0 N–H and O–H groups in total. The number of anilines is 9. The first kappa shape index (κ1) is 109. The van der Waals surface area contributed by atoms with Crippen molar-refractivity contribution in [1.82, 2.24) is 13.7 Å². The summed E-state index contributed by atoms with van der Waals surface area (Å²) in [5, 5.41) is 0. The Bertz CT molecular complexity index is 6100. The highest BCUT2D eigenvalue weighted by atomic mass is 28.3. The highest BCUT2D eigenvalue weighted by molar-refractivity contribution is 6.77. The van der Waals surface area contributed by atoms with Crippen LogP contribution in [0, 0.1) is 47.3 Å². The zero-order valence-corrected chi connectivity index (χ0v) is 99.7. The van der Waals surface area contributed by atoms with Crippen molar-refractivity contribution >= 4 is 92.6 Å². The van der Waals surface area contributed by atoms with E-state index in [1.165, 1.54) is 278 Å². The Morgan fingerprint density at radius 3 is 0.852 bits per heavy atom. The summed E-state index contributed by atoms with van der Waals surface area (Å²) in [6.07, 6.45) is 58.6. The van der Waals surface area contributed by atoms with Gasteiger partial charge < -0.3 is 28.4 Å². The van der Waals surface area contributed by atoms with Gasteiger partial charge in [0, 0.05) is 102 Å². The normalized spacial score (nSPS) is 24.3. The van der Waals surface area contributed by atoms with E-state index in [1.54, 1.807) is 39.0 Å². The maximum Gasteiger partial charge on any atom is 0.127 e. The molecule has 9 heteroatoms. The van der Waals surface area contributed by atoms with Crippen molar-refractivity contribution in [2.24, 2.45) is 47.3 Å². The van der Waals surface area contributed by atoms with Crippen molar-refractivity contribution < 1.29 is 0 Å². The molecule has 0 amide bonds. The Morgan fingerprint density at radius 1 is 0.282 bits per heavy atom. The number of benzene rings is 9. The molecule has 6 nitrogen and oxygen atoms in total. The third kappa shape index (κ3) is 21.1. The molecule has 149 heavy (non-hydrogen) atoms. The van der Waals surface area contributed by atoms with Crippen LogP contribution in [0.15, 0.2) is 290 Å². The number of hydrogen-bond acceptors (Lipinski definition) is 6. The zero-order chi connectivity index (χ0) is 105. The number of rotatable bonds is 30. The third-order valence-electron chi connectivity index (χ3n) is 39.6. The van der Waals surface area contributed by atoms with Crippen LogP contribution in [-0.2, 0) is 16.2 Å². The summed E-state index contributed by atoms with van der Waals surface area (Å²) in [7, 11) is -5.47. The van der Waals surface area contributed by atoms with Crippen LogP contribution in [0.1, 0.15) is 350 Å². The topological polar surface area (TPSA) is 19.4 Å². The van der Waals surface area contributed by atoms with Gasteiger partial charge in [-0.1, -0.05) is 374 Å². The van der Waals surface area contributed by atoms with Crippen molar-refractivity contribution in [3.05, 3.63) is 323 Å². The maximum absolute atomic E-state index is 3.17. The SMILES string of the molecule is CC1CC2C=C3C(=CC2C1[Si](C)(C)N(C1CCCCC1)C(C)(C)C)C(C)(C)c1cc(N(c2ccccc2)c2ccccc2)ccc13.CCCCC1(CCCC)C2=CC3C(C=C2c2ccc(N(c4ccccc4)c4ccccc4)cc21)CC(C)C3[Si](C)(C)N(C1CCCCC1)C(C)(C)C.CCCCC1(CCCC)C2=CC3C(C=C2c2ccc(N(c4ccccc4)c4ccccc4)cc21)CCC3[Si](C)(C)N(C1CCCCC1)C(C)(C)C. The first-order valence-electron chi connectivity index (χ1n) is 60.4. The minimum atomic E-state index is -1.86. The molecule has 0 bridgehead atoms. The Kier molecular flexibility index (Phi) is 32.6. The summed E-state index contributed by atoms with van der Waals surface area (Å²) in [6, 6.07) is 90.3. The first-order valence-corrected chi connectivity index (χ1v) is 69.4.